The second-order valence-electron chi connectivity index (χ2n) is 4.62. The summed E-state index contributed by atoms with van der Waals surface area (Å²) in [5, 5.41) is 23.5. The van der Waals surface area contributed by atoms with Gasteiger partial charge < -0.3 is 20.1 Å². The Kier molecular flexibility index (Phi) is 2.34. The lowest BCUT2D eigenvalue weighted by atomic mass is 9.98. The zero-order valence-electron chi connectivity index (χ0n) is 9.77. The number of aromatic nitrogens is 1. The van der Waals surface area contributed by atoms with Crippen LogP contribution in [0.25, 0.3) is 10.9 Å². The van der Waals surface area contributed by atoms with Gasteiger partial charge in [-0.2, -0.15) is 0 Å². The van der Waals surface area contributed by atoms with Crippen molar-refractivity contribution in [2.24, 2.45) is 7.05 Å². The first-order valence-corrected chi connectivity index (χ1v) is 5.84. The topological polar surface area (TPSA) is 57.4 Å². The van der Waals surface area contributed by atoms with Gasteiger partial charge >= 0.3 is 0 Å². The Hall–Kier alpha value is -1.52. The third kappa shape index (κ3) is 1.45. The van der Waals surface area contributed by atoms with E-state index in [4.69, 9.17) is 0 Å². The fourth-order valence-corrected chi connectivity index (χ4v) is 2.74. The van der Waals surface area contributed by atoms with E-state index in [1.807, 2.05) is 19.2 Å². The number of nitrogens with zero attached hydrogens (tertiary/aromatic N) is 1. The van der Waals surface area contributed by atoms with Gasteiger partial charge in [0.05, 0.1) is 12.1 Å². The normalized spacial score (nSPS) is 19.5. The summed E-state index contributed by atoms with van der Waals surface area (Å²) in [5.74, 6) is 0.331. The van der Waals surface area contributed by atoms with E-state index in [1.165, 1.54) is 11.3 Å². The number of aryl methyl sites for hydroxylation is 1. The van der Waals surface area contributed by atoms with Gasteiger partial charge in [-0.05, 0) is 24.1 Å². The minimum atomic E-state index is 0.0905. The SMILES string of the molecule is Cn1c2c(c3c(O)cccc31)CC(CO)NC2. The highest BCUT2D eigenvalue weighted by atomic mass is 16.3. The highest BCUT2D eigenvalue weighted by Gasteiger charge is 2.24. The van der Waals surface area contributed by atoms with E-state index in [-0.39, 0.29) is 12.6 Å². The number of phenols is 1. The van der Waals surface area contributed by atoms with Crippen LogP contribution in [0.3, 0.4) is 0 Å². The summed E-state index contributed by atoms with van der Waals surface area (Å²) in [5.41, 5.74) is 3.42. The molecule has 0 radical (unpaired) electrons. The zero-order chi connectivity index (χ0) is 12.0. The Morgan fingerprint density at radius 1 is 1.47 bits per heavy atom. The largest absolute Gasteiger partial charge is 0.507 e. The first-order valence-electron chi connectivity index (χ1n) is 5.84. The van der Waals surface area contributed by atoms with Gasteiger partial charge in [0.15, 0.2) is 0 Å². The maximum absolute atomic E-state index is 10.0. The van der Waals surface area contributed by atoms with Crippen molar-refractivity contribution in [1.82, 2.24) is 9.88 Å². The summed E-state index contributed by atoms with van der Waals surface area (Å²) in [6.07, 6.45) is 0.765. The molecular formula is C13H16N2O2. The van der Waals surface area contributed by atoms with Crippen molar-refractivity contribution in [1.29, 1.82) is 0 Å². The van der Waals surface area contributed by atoms with Gasteiger partial charge in [-0.3, -0.25) is 0 Å². The van der Waals surface area contributed by atoms with Crippen molar-refractivity contribution in [2.45, 2.75) is 19.0 Å². The van der Waals surface area contributed by atoms with Crippen LogP contribution in [0.4, 0.5) is 0 Å². The van der Waals surface area contributed by atoms with Crippen LogP contribution in [0, 0.1) is 0 Å². The molecule has 0 bridgehead atoms. The summed E-state index contributed by atoms with van der Waals surface area (Å²) >= 11 is 0. The number of rotatable bonds is 1. The Morgan fingerprint density at radius 3 is 3.06 bits per heavy atom. The van der Waals surface area contributed by atoms with Gasteiger partial charge in [-0.15, -0.1) is 0 Å². The number of aliphatic hydroxyl groups excluding tert-OH is 1. The van der Waals surface area contributed by atoms with Gasteiger partial charge in [-0.1, -0.05) is 6.07 Å². The molecule has 0 aliphatic carbocycles. The number of benzene rings is 1. The van der Waals surface area contributed by atoms with Gasteiger partial charge in [0, 0.05) is 30.7 Å². The molecule has 0 fully saturated rings. The summed E-state index contributed by atoms with van der Waals surface area (Å²) in [6.45, 7) is 0.870. The van der Waals surface area contributed by atoms with Crippen molar-refractivity contribution >= 4 is 10.9 Å². The van der Waals surface area contributed by atoms with Crippen LogP contribution in [-0.4, -0.2) is 27.4 Å². The Balaban J connectivity index is 2.27. The number of fused-ring (bicyclic) bond motifs is 3. The minimum absolute atomic E-state index is 0.0905. The quantitative estimate of drug-likeness (QED) is 0.684. The average Bonchev–Trinajstić information content (AvgIpc) is 2.64. The maximum atomic E-state index is 10.0. The molecule has 1 aromatic heterocycles. The molecule has 4 heteroatoms. The third-order valence-electron chi connectivity index (χ3n) is 3.67. The summed E-state index contributed by atoms with van der Waals surface area (Å²) in [6, 6.07) is 5.69. The lowest BCUT2D eigenvalue weighted by Gasteiger charge is -2.23. The lowest BCUT2D eigenvalue weighted by Crippen LogP contribution is -2.38. The molecule has 1 aromatic carbocycles. The molecule has 1 aliphatic heterocycles. The van der Waals surface area contributed by atoms with Crippen molar-refractivity contribution < 1.29 is 10.2 Å². The molecule has 0 spiro atoms. The Morgan fingerprint density at radius 2 is 2.29 bits per heavy atom. The lowest BCUT2D eigenvalue weighted by molar-refractivity contribution is 0.235. The molecule has 1 aliphatic rings. The van der Waals surface area contributed by atoms with Crippen molar-refractivity contribution in [3.05, 3.63) is 29.5 Å². The molecule has 0 amide bonds. The van der Waals surface area contributed by atoms with Crippen molar-refractivity contribution in [2.75, 3.05) is 6.61 Å². The van der Waals surface area contributed by atoms with Crippen LogP contribution in [0.2, 0.25) is 0 Å². The van der Waals surface area contributed by atoms with Gasteiger partial charge in [-0.25, -0.2) is 0 Å². The van der Waals surface area contributed by atoms with Crippen LogP contribution < -0.4 is 5.32 Å². The standard InChI is InChI=1S/C13H16N2O2/c1-15-10-3-2-4-12(17)13(10)9-5-8(7-16)14-6-11(9)15/h2-4,8,14,16-17H,5-7H2,1H3. The van der Waals surface area contributed by atoms with Crippen LogP contribution in [0.15, 0.2) is 18.2 Å². The van der Waals surface area contributed by atoms with E-state index >= 15 is 0 Å². The molecule has 0 saturated heterocycles. The van der Waals surface area contributed by atoms with E-state index in [1.54, 1.807) is 6.07 Å². The number of hydrogen-bond acceptors (Lipinski definition) is 3. The fraction of sp³-hybridized carbons (Fsp3) is 0.385. The number of nitrogens with one attached hydrogen (secondary N) is 1. The second kappa shape index (κ2) is 3.75. The monoisotopic (exact) mass is 232 g/mol. The van der Waals surface area contributed by atoms with E-state index in [2.05, 4.69) is 9.88 Å². The highest BCUT2D eigenvalue weighted by Crippen LogP contribution is 2.34. The summed E-state index contributed by atoms with van der Waals surface area (Å²) in [4.78, 5) is 0. The van der Waals surface area contributed by atoms with E-state index in [0.717, 1.165) is 23.9 Å². The van der Waals surface area contributed by atoms with Crippen molar-refractivity contribution in [3.63, 3.8) is 0 Å². The zero-order valence-corrected chi connectivity index (χ0v) is 9.77. The molecule has 1 unspecified atom stereocenters. The average molecular weight is 232 g/mol. The fourth-order valence-electron chi connectivity index (χ4n) is 2.74. The molecule has 2 heterocycles. The molecule has 17 heavy (non-hydrogen) atoms. The second-order valence-corrected chi connectivity index (χ2v) is 4.62. The number of hydrogen-bond donors (Lipinski definition) is 3. The molecule has 4 nitrogen and oxygen atoms in total. The van der Waals surface area contributed by atoms with Crippen molar-refractivity contribution in [3.8, 4) is 5.75 Å². The van der Waals surface area contributed by atoms with Crippen LogP contribution in [-0.2, 0) is 20.0 Å². The van der Waals surface area contributed by atoms with E-state index < -0.39 is 0 Å². The predicted molar refractivity (Wildman–Crippen MR) is 66.0 cm³/mol. The molecule has 3 rings (SSSR count). The minimum Gasteiger partial charge on any atom is -0.507 e. The number of aromatic hydroxyl groups is 1. The van der Waals surface area contributed by atoms with Crippen LogP contribution >= 0.6 is 0 Å². The number of aliphatic hydroxyl groups is 1. The summed E-state index contributed by atoms with van der Waals surface area (Å²) in [7, 11) is 2.02. The van der Waals surface area contributed by atoms with Crippen LogP contribution in [0.5, 0.6) is 5.75 Å². The summed E-state index contributed by atoms with van der Waals surface area (Å²) < 4.78 is 2.12. The number of phenolic OH excluding ortho intramolecular Hbond substituents is 1. The first-order chi connectivity index (χ1) is 8.22. The molecular weight excluding hydrogens is 216 g/mol. The maximum Gasteiger partial charge on any atom is 0.125 e. The van der Waals surface area contributed by atoms with Crippen LogP contribution in [0.1, 0.15) is 11.3 Å². The molecule has 1 atom stereocenters. The predicted octanol–water partition coefficient (Wildman–Crippen LogP) is 0.890. The third-order valence-corrected chi connectivity index (χ3v) is 3.67. The van der Waals surface area contributed by atoms with E-state index in [0.29, 0.717) is 5.75 Å². The van der Waals surface area contributed by atoms with Gasteiger partial charge in [0.2, 0.25) is 0 Å². The van der Waals surface area contributed by atoms with Gasteiger partial charge in [0.1, 0.15) is 5.75 Å². The van der Waals surface area contributed by atoms with E-state index in [9.17, 15) is 10.2 Å². The Labute approximate surface area is 99.5 Å². The first kappa shape index (κ1) is 10.6. The molecule has 2 aromatic rings. The molecule has 3 N–H and O–H groups in total. The smallest absolute Gasteiger partial charge is 0.125 e. The molecule has 90 valence electrons. The highest BCUT2D eigenvalue weighted by molar-refractivity contribution is 5.91. The Bertz CT molecular complexity index is 574. The van der Waals surface area contributed by atoms with Gasteiger partial charge in [0.25, 0.3) is 0 Å². The molecule has 0 saturated carbocycles.